The zero-order chi connectivity index (χ0) is 13.7. The lowest BCUT2D eigenvalue weighted by atomic mass is 10.1. The molecule has 2 rings (SSSR count). The van der Waals surface area contributed by atoms with E-state index >= 15 is 0 Å². The third kappa shape index (κ3) is 4.32. The topological polar surface area (TPSA) is 16.1 Å². The fourth-order valence-electron chi connectivity index (χ4n) is 1.96. The summed E-state index contributed by atoms with van der Waals surface area (Å²) in [5.41, 5.74) is 1.39. The molecule has 0 atom stereocenters. The monoisotopic (exact) mass is 382 g/mol. The first-order valence-corrected chi connectivity index (χ1v) is 7.81. The zero-order valence-electron chi connectivity index (χ0n) is 10.8. The van der Waals surface area contributed by atoms with Crippen molar-refractivity contribution in [3.63, 3.8) is 0 Å². The molecule has 0 aliphatic heterocycles. The van der Waals surface area contributed by atoms with E-state index in [2.05, 4.69) is 79.1 Å². The van der Waals surface area contributed by atoms with Crippen LogP contribution < -0.4 is 4.90 Å². The van der Waals surface area contributed by atoms with Crippen LogP contribution in [0.2, 0.25) is 0 Å². The second kappa shape index (κ2) is 7.06. The summed E-state index contributed by atoms with van der Waals surface area (Å²) in [6.45, 7) is 0.988. The third-order valence-corrected chi connectivity index (χ3v) is 3.97. The van der Waals surface area contributed by atoms with E-state index in [1.165, 1.54) is 5.56 Å². The van der Waals surface area contributed by atoms with Crippen LogP contribution in [0, 0.1) is 0 Å². The maximum Gasteiger partial charge on any atom is 0.142 e. The van der Waals surface area contributed by atoms with Crippen molar-refractivity contribution < 1.29 is 0 Å². The minimum Gasteiger partial charge on any atom is -0.359 e. The number of aryl methyl sites for hydroxylation is 1. The van der Waals surface area contributed by atoms with Crippen LogP contribution in [0.3, 0.4) is 0 Å². The van der Waals surface area contributed by atoms with E-state index in [-0.39, 0.29) is 0 Å². The molecule has 4 heteroatoms. The fourth-order valence-corrected chi connectivity index (χ4v) is 3.25. The van der Waals surface area contributed by atoms with Crippen LogP contribution in [0.25, 0.3) is 0 Å². The Labute approximate surface area is 131 Å². The largest absolute Gasteiger partial charge is 0.359 e. The smallest absolute Gasteiger partial charge is 0.142 e. The predicted octanol–water partition coefficient (Wildman–Crippen LogP) is 4.68. The average molecular weight is 384 g/mol. The SMILES string of the molecule is CN(CCCc1ccccc1)c1ncc(Br)cc1Br. The van der Waals surface area contributed by atoms with Gasteiger partial charge >= 0.3 is 0 Å². The van der Waals surface area contributed by atoms with Crippen molar-refractivity contribution in [2.75, 3.05) is 18.5 Å². The molecule has 0 aliphatic rings. The van der Waals surface area contributed by atoms with Gasteiger partial charge in [0.1, 0.15) is 5.82 Å². The number of anilines is 1. The van der Waals surface area contributed by atoms with Crippen molar-refractivity contribution in [2.24, 2.45) is 0 Å². The van der Waals surface area contributed by atoms with Crippen LogP contribution in [-0.4, -0.2) is 18.6 Å². The molecule has 0 radical (unpaired) electrons. The number of rotatable bonds is 5. The standard InChI is InChI=1S/C15H16Br2N2/c1-19(15-14(17)10-13(16)11-18-15)9-5-8-12-6-3-2-4-7-12/h2-4,6-7,10-11H,5,8-9H2,1H3. The number of aromatic nitrogens is 1. The first-order chi connectivity index (χ1) is 9.16. The van der Waals surface area contributed by atoms with Crippen molar-refractivity contribution in [1.82, 2.24) is 4.98 Å². The van der Waals surface area contributed by atoms with Crippen molar-refractivity contribution in [1.29, 1.82) is 0 Å². The summed E-state index contributed by atoms with van der Waals surface area (Å²) < 4.78 is 2.00. The van der Waals surface area contributed by atoms with Gasteiger partial charge in [0.25, 0.3) is 0 Å². The Morgan fingerprint density at radius 2 is 1.89 bits per heavy atom. The Bertz CT molecular complexity index is 529. The molecule has 0 saturated carbocycles. The maximum absolute atomic E-state index is 4.44. The van der Waals surface area contributed by atoms with Gasteiger partial charge in [-0.25, -0.2) is 4.98 Å². The first kappa shape index (κ1) is 14.5. The fraction of sp³-hybridized carbons (Fsp3) is 0.267. The molecule has 0 fully saturated rings. The minimum absolute atomic E-state index is 0.983. The van der Waals surface area contributed by atoms with Gasteiger partial charge in [-0.05, 0) is 56.3 Å². The number of nitrogens with zero attached hydrogens (tertiary/aromatic N) is 2. The molecule has 1 aromatic heterocycles. The van der Waals surface area contributed by atoms with Gasteiger partial charge in [0.15, 0.2) is 0 Å². The highest BCUT2D eigenvalue weighted by Gasteiger charge is 2.07. The summed E-state index contributed by atoms with van der Waals surface area (Å²) in [5, 5.41) is 0. The molecule has 0 N–H and O–H groups in total. The van der Waals surface area contributed by atoms with Crippen LogP contribution in [0.5, 0.6) is 0 Å². The maximum atomic E-state index is 4.44. The van der Waals surface area contributed by atoms with Crippen LogP contribution >= 0.6 is 31.9 Å². The molecule has 0 amide bonds. The lowest BCUT2D eigenvalue weighted by Crippen LogP contribution is -2.20. The normalized spacial score (nSPS) is 10.5. The van der Waals surface area contributed by atoms with Crippen LogP contribution in [0.4, 0.5) is 5.82 Å². The molecule has 0 bridgehead atoms. The lowest BCUT2D eigenvalue weighted by molar-refractivity contribution is 0.776. The summed E-state index contributed by atoms with van der Waals surface area (Å²) in [5.74, 6) is 0.983. The van der Waals surface area contributed by atoms with Gasteiger partial charge in [0.2, 0.25) is 0 Å². The van der Waals surface area contributed by atoms with E-state index in [4.69, 9.17) is 0 Å². The second-order valence-electron chi connectivity index (χ2n) is 4.47. The number of halogens is 2. The third-order valence-electron chi connectivity index (χ3n) is 2.95. The summed E-state index contributed by atoms with van der Waals surface area (Å²) >= 11 is 6.97. The van der Waals surface area contributed by atoms with E-state index < -0.39 is 0 Å². The van der Waals surface area contributed by atoms with E-state index in [1.54, 1.807) is 0 Å². The molecule has 0 aliphatic carbocycles. The summed E-state index contributed by atoms with van der Waals surface area (Å²) in [6.07, 6.45) is 4.04. The van der Waals surface area contributed by atoms with E-state index in [0.29, 0.717) is 0 Å². The van der Waals surface area contributed by atoms with E-state index in [1.807, 2.05) is 12.3 Å². The molecule has 0 unspecified atom stereocenters. The number of pyridine rings is 1. The number of hydrogen-bond acceptors (Lipinski definition) is 2. The second-order valence-corrected chi connectivity index (χ2v) is 6.24. The van der Waals surface area contributed by atoms with Crippen molar-refractivity contribution in [3.8, 4) is 0 Å². The molecule has 2 nitrogen and oxygen atoms in total. The molecule has 1 aromatic carbocycles. The number of benzene rings is 1. The molecule has 1 heterocycles. The molecule has 0 spiro atoms. The zero-order valence-corrected chi connectivity index (χ0v) is 14.0. The first-order valence-electron chi connectivity index (χ1n) is 6.23. The minimum atomic E-state index is 0.983. The Morgan fingerprint density at radius 3 is 2.58 bits per heavy atom. The van der Waals surface area contributed by atoms with Gasteiger partial charge in [-0.1, -0.05) is 30.3 Å². The van der Waals surface area contributed by atoms with Crippen LogP contribution in [0.15, 0.2) is 51.5 Å². The van der Waals surface area contributed by atoms with E-state index in [0.717, 1.165) is 34.1 Å². The van der Waals surface area contributed by atoms with Gasteiger partial charge in [-0.2, -0.15) is 0 Å². The van der Waals surface area contributed by atoms with E-state index in [9.17, 15) is 0 Å². The molecule has 19 heavy (non-hydrogen) atoms. The molecule has 2 aromatic rings. The van der Waals surface area contributed by atoms with Gasteiger partial charge in [0.05, 0.1) is 4.47 Å². The van der Waals surface area contributed by atoms with Gasteiger partial charge in [-0.15, -0.1) is 0 Å². The van der Waals surface area contributed by atoms with Gasteiger partial charge in [-0.3, -0.25) is 0 Å². The van der Waals surface area contributed by atoms with Crippen LogP contribution in [0.1, 0.15) is 12.0 Å². The summed E-state index contributed by atoms with van der Waals surface area (Å²) in [7, 11) is 2.08. The highest BCUT2D eigenvalue weighted by molar-refractivity contribution is 9.11. The highest BCUT2D eigenvalue weighted by Crippen LogP contribution is 2.26. The summed E-state index contributed by atoms with van der Waals surface area (Å²) in [6, 6.07) is 12.6. The Hall–Kier alpha value is -0.870. The van der Waals surface area contributed by atoms with Crippen molar-refractivity contribution >= 4 is 37.7 Å². The molecular weight excluding hydrogens is 368 g/mol. The Morgan fingerprint density at radius 1 is 1.16 bits per heavy atom. The Balaban J connectivity index is 1.89. The molecule has 100 valence electrons. The molecular formula is C15H16Br2N2. The average Bonchev–Trinajstić information content (AvgIpc) is 2.39. The summed E-state index contributed by atoms with van der Waals surface area (Å²) in [4.78, 5) is 6.62. The van der Waals surface area contributed by atoms with Crippen molar-refractivity contribution in [2.45, 2.75) is 12.8 Å². The molecule has 0 saturated heterocycles. The highest BCUT2D eigenvalue weighted by atomic mass is 79.9. The van der Waals surface area contributed by atoms with Gasteiger partial charge < -0.3 is 4.90 Å². The number of hydrogen-bond donors (Lipinski definition) is 0. The van der Waals surface area contributed by atoms with Crippen LogP contribution in [-0.2, 0) is 6.42 Å². The quantitative estimate of drug-likeness (QED) is 0.745. The predicted molar refractivity (Wildman–Crippen MR) is 87.7 cm³/mol. The lowest BCUT2D eigenvalue weighted by Gasteiger charge is -2.19. The van der Waals surface area contributed by atoms with Gasteiger partial charge in [0, 0.05) is 24.3 Å². The Kier molecular flexibility index (Phi) is 5.40. The van der Waals surface area contributed by atoms with Crippen molar-refractivity contribution in [3.05, 3.63) is 57.1 Å².